The van der Waals surface area contributed by atoms with Crippen LogP contribution >= 0.6 is 15.9 Å². The van der Waals surface area contributed by atoms with Gasteiger partial charge >= 0.3 is 0 Å². The number of allylic oxidation sites excluding steroid dienone is 2. The fourth-order valence-corrected chi connectivity index (χ4v) is 1.07. The molecule has 0 aliphatic heterocycles. The van der Waals surface area contributed by atoms with E-state index in [0.717, 1.165) is 6.54 Å². The number of hydrogen-bond acceptors (Lipinski definition) is 1. The lowest BCUT2D eigenvalue weighted by Crippen LogP contribution is -2.10. The zero-order chi connectivity index (χ0) is 7.98. The third-order valence-electron chi connectivity index (χ3n) is 1.28. The molecule has 0 spiro atoms. The standard InChI is InChI=1S/C8H14BrN/c1-4-7(6-10-3)8(9)5-2/h4-5,10H,6H2,1-3H3/b7-4-,8-5+. The average molecular weight is 204 g/mol. The predicted molar refractivity (Wildman–Crippen MR) is 50.4 cm³/mol. The van der Waals surface area contributed by atoms with Gasteiger partial charge in [-0.2, -0.15) is 0 Å². The van der Waals surface area contributed by atoms with Gasteiger partial charge in [-0.3, -0.25) is 0 Å². The van der Waals surface area contributed by atoms with E-state index in [2.05, 4.69) is 27.3 Å². The Morgan fingerprint density at radius 3 is 2.30 bits per heavy atom. The number of likely N-dealkylation sites (N-methyl/N-ethyl adjacent to an activating group) is 1. The minimum absolute atomic E-state index is 0.918. The Morgan fingerprint density at radius 1 is 1.40 bits per heavy atom. The molecule has 0 aliphatic rings. The molecule has 0 saturated heterocycles. The molecular weight excluding hydrogens is 190 g/mol. The molecule has 10 heavy (non-hydrogen) atoms. The van der Waals surface area contributed by atoms with E-state index >= 15 is 0 Å². The summed E-state index contributed by atoms with van der Waals surface area (Å²) in [6.07, 6.45) is 4.15. The summed E-state index contributed by atoms with van der Waals surface area (Å²) in [4.78, 5) is 0. The van der Waals surface area contributed by atoms with Gasteiger partial charge in [0.15, 0.2) is 0 Å². The van der Waals surface area contributed by atoms with Gasteiger partial charge in [-0.05, 0) is 26.5 Å². The Morgan fingerprint density at radius 2 is 2.00 bits per heavy atom. The number of halogens is 1. The Balaban J connectivity index is 4.09. The van der Waals surface area contributed by atoms with Crippen LogP contribution in [0.25, 0.3) is 0 Å². The van der Waals surface area contributed by atoms with Gasteiger partial charge in [-0.1, -0.05) is 28.1 Å². The van der Waals surface area contributed by atoms with Gasteiger partial charge in [-0.25, -0.2) is 0 Å². The van der Waals surface area contributed by atoms with Crippen molar-refractivity contribution in [1.82, 2.24) is 5.32 Å². The van der Waals surface area contributed by atoms with Gasteiger partial charge < -0.3 is 5.32 Å². The van der Waals surface area contributed by atoms with Crippen LogP contribution in [0.15, 0.2) is 22.2 Å². The molecule has 0 radical (unpaired) electrons. The molecule has 0 saturated carbocycles. The molecule has 0 aromatic rings. The molecule has 0 rings (SSSR count). The van der Waals surface area contributed by atoms with Crippen molar-refractivity contribution in [1.29, 1.82) is 0 Å². The quantitative estimate of drug-likeness (QED) is 0.696. The molecular formula is C8H14BrN. The van der Waals surface area contributed by atoms with E-state index in [-0.39, 0.29) is 0 Å². The van der Waals surface area contributed by atoms with Crippen LogP contribution < -0.4 is 5.32 Å². The maximum atomic E-state index is 3.46. The SMILES string of the molecule is C/C=C(CNC)\C(Br)=C/C. The summed E-state index contributed by atoms with van der Waals surface area (Å²) in [6, 6.07) is 0. The second-order valence-corrected chi connectivity index (χ2v) is 2.84. The summed E-state index contributed by atoms with van der Waals surface area (Å²) in [5.41, 5.74) is 1.30. The molecule has 0 aliphatic carbocycles. The topological polar surface area (TPSA) is 12.0 Å². The molecule has 0 unspecified atom stereocenters. The van der Waals surface area contributed by atoms with Crippen LogP contribution in [0.2, 0.25) is 0 Å². The van der Waals surface area contributed by atoms with E-state index in [9.17, 15) is 0 Å². The van der Waals surface area contributed by atoms with Crippen molar-refractivity contribution in [3.05, 3.63) is 22.2 Å². The molecule has 58 valence electrons. The van der Waals surface area contributed by atoms with Crippen LogP contribution in [0.5, 0.6) is 0 Å². The highest BCUT2D eigenvalue weighted by Crippen LogP contribution is 2.15. The Labute approximate surface area is 71.3 Å². The maximum Gasteiger partial charge on any atom is 0.0210 e. The maximum absolute atomic E-state index is 3.46. The van der Waals surface area contributed by atoms with Crippen molar-refractivity contribution in [3.8, 4) is 0 Å². The summed E-state index contributed by atoms with van der Waals surface area (Å²) in [5.74, 6) is 0. The molecule has 0 amide bonds. The lowest BCUT2D eigenvalue weighted by Gasteiger charge is -2.03. The second-order valence-electron chi connectivity index (χ2n) is 1.98. The van der Waals surface area contributed by atoms with Gasteiger partial charge in [0.25, 0.3) is 0 Å². The third kappa shape index (κ3) is 3.18. The highest BCUT2D eigenvalue weighted by molar-refractivity contribution is 9.12. The highest BCUT2D eigenvalue weighted by atomic mass is 79.9. The normalized spacial score (nSPS) is 14.0. The molecule has 0 fully saturated rings. The summed E-state index contributed by atoms with van der Waals surface area (Å²) in [5, 5.41) is 3.09. The zero-order valence-electron chi connectivity index (χ0n) is 6.74. The van der Waals surface area contributed by atoms with Crippen molar-refractivity contribution in [3.63, 3.8) is 0 Å². The molecule has 0 bridgehead atoms. The highest BCUT2D eigenvalue weighted by Gasteiger charge is 1.95. The lowest BCUT2D eigenvalue weighted by molar-refractivity contribution is 0.892. The van der Waals surface area contributed by atoms with Gasteiger partial charge in [0.1, 0.15) is 0 Å². The van der Waals surface area contributed by atoms with E-state index in [4.69, 9.17) is 0 Å². The summed E-state index contributed by atoms with van der Waals surface area (Å²) < 4.78 is 1.17. The van der Waals surface area contributed by atoms with Crippen LogP contribution in [0.3, 0.4) is 0 Å². The van der Waals surface area contributed by atoms with E-state index < -0.39 is 0 Å². The molecule has 2 heteroatoms. The van der Waals surface area contributed by atoms with Crippen molar-refractivity contribution in [2.75, 3.05) is 13.6 Å². The first-order valence-corrected chi connectivity index (χ1v) is 4.17. The fraction of sp³-hybridized carbons (Fsp3) is 0.500. The molecule has 1 nitrogen and oxygen atoms in total. The van der Waals surface area contributed by atoms with Crippen LogP contribution in [0.1, 0.15) is 13.8 Å². The number of rotatable bonds is 3. The van der Waals surface area contributed by atoms with Gasteiger partial charge in [0.2, 0.25) is 0 Å². The van der Waals surface area contributed by atoms with Crippen LogP contribution in [0, 0.1) is 0 Å². The molecule has 1 N–H and O–H groups in total. The van der Waals surface area contributed by atoms with E-state index in [1.807, 2.05) is 27.0 Å². The average Bonchev–Trinajstić information content (AvgIpc) is 1.99. The van der Waals surface area contributed by atoms with Crippen molar-refractivity contribution in [2.45, 2.75) is 13.8 Å². The van der Waals surface area contributed by atoms with Crippen molar-refractivity contribution in [2.24, 2.45) is 0 Å². The summed E-state index contributed by atoms with van der Waals surface area (Å²) >= 11 is 3.46. The zero-order valence-corrected chi connectivity index (χ0v) is 8.33. The minimum Gasteiger partial charge on any atom is -0.316 e. The molecule has 0 atom stereocenters. The minimum atomic E-state index is 0.918. The third-order valence-corrected chi connectivity index (χ3v) is 2.24. The number of hydrogen-bond donors (Lipinski definition) is 1. The smallest absolute Gasteiger partial charge is 0.0210 e. The monoisotopic (exact) mass is 203 g/mol. The molecule has 0 aromatic heterocycles. The van der Waals surface area contributed by atoms with Crippen LogP contribution in [-0.4, -0.2) is 13.6 Å². The fourth-order valence-electron chi connectivity index (χ4n) is 0.700. The van der Waals surface area contributed by atoms with Crippen LogP contribution in [0.4, 0.5) is 0 Å². The van der Waals surface area contributed by atoms with E-state index in [0.29, 0.717) is 0 Å². The Hall–Kier alpha value is -0.0800. The van der Waals surface area contributed by atoms with Crippen LogP contribution in [-0.2, 0) is 0 Å². The first-order valence-electron chi connectivity index (χ1n) is 3.38. The van der Waals surface area contributed by atoms with E-state index in [1.54, 1.807) is 0 Å². The Kier molecular flexibility index (Phi) is 5.64. The van der Waals surface area contributed by atoms with Gasteiger partial charge in [0.05, 0.1) is 0 Å². The van der Waals surface area contributed by atoms with Crippen molar-refractivity contribution < 1.29 is 0 Å². The molecule has 0 aromatic carbocycles. The second kappa shape index (κ2) is 5.69. The molecule has 0 heterocycles. The number of nitrogens with one attached hydrogen (secondary N) is 1. The van der Waals surface area contributed by atoms with Gasteiger partial charge in [0, 0.05) is 11.0 Å². The first-order chi connectivity index (χ1) is 4.76. The predicted octanol–water partition coefficient (Wildman–Crippen LogP) is 2.45. The summed E-state index contributed by atoms with van der Waals surface area (Å²) in [6.45, 7) is 4.97. The summed E-state index contributed by atoms with van der Waals surface area (Å²) in [7, 11) is 1.94. The van der Waals surface area contributed by atoms with Crippen molar-refractivity contribution >= 4 is 15.9 Å². The first kappa shape index (κ1) is 9.92. The lowest BCUT2D eigenvalue weighted by atomic mass is 10.2. The van der Waals surface area contributed by atoms with E-state index in [1.165, 1.54) is 10.1 Å². The van der Waals surface area contributed by atoms with Gasteiger partial charge in [-0.15, -0.1) is 0 Å². The Bertz CT molecular complexity index is 147. The largest absolute Gasteiger partial charge is 0.316 e.